The molecule has 5 rings (SSSR count). The topological polar surface area (TPSA) is 121 Å². The number of benzene rings is 2. The minimum absolute atomic E-state index is 0.0651. The Balaban J connectivity index is 1.38. The average Bonchev–Trinajstić information content (AvgIpc) is 3.51. The molecule has 0 unspecified atom stereocenters. The number of nitriles is 1. The molecule has 10 heteroatoms. The number of aromatic nitrogens is 2. The Kier molecular flexibility index (Phi) is 8.00. The van der Waals surface area contributed by atoms with E-state index in [4.69, 9.17) is 35.9 Å². The summed E-state index contributed by atoms with van der Waals surface area (Å²) in [6.07, 6.45) is -0.163. The van der Waals surface area contributed by atoms with Gasteiger partial charge >= 0.3 is 0 Å². The number of nitrogens with zero attached hydrogens (tertiary/aromatic N) is 4. The lowest BCUT2D eigenvalue weighted by Gasteiger charge is -2.17. The van der Waals surface area contributed by atoms with Crippen LogP contribution in [0.5, 0.6) is 5.75 Å². The Morgan fingerprint density at radius 2 is 1.93 bits per heavy atom. The fourth-order valence-corrected chi connectivity index (χ4v) is 5.55. The van der Waals surface area contributed by atoms with Gasteiger partial charge in [-0.3, -0.25) is 0 Å². The van der Waals surface area contributed by atoms with E-state index < -0.39 is 5.79 Å². The van der Waals surface area contributed by atoms with Gasteiger partial charge in [-0.1, -0.05) is 42.1 Å². The lowest BCUT2D eigenvalue weighted by molar-refractivity contribution is -0.141. The molecule has 0 aliphatic carbocycles. The van der Waals surface area contributed by atoms with E-state index in [0.29, 0.717) is 52.5 Å². The maximum atomic E-state index is 10.2. The van der Waals surface area contributed by atoms with E-state index >= 15 is 0 Å². The number of thioether (sulfide) groups is 1. The first-order valence-corrected chi connectivity index (χ1v) is 14.0. The molecule has 1 atom stereocenters. The Labute approximate surface area is 243 Å². The first kappa shape index (κ1) is 28.2. The molecule has 0 bridgehead atoms. The third kappa shape index (κ3) is 6.06. The Morgan fingerprint density at radius 3 is 2.59 bits per heavy atom. The first-order valence-electron chi connectivity index (χ1n) is 13.0. The molecule has 0 spiro atoms. The lowest BCUT2D eigenvalue weighted by Crippen LogP contribution is -2.25. The molecule has 3 heterocycles. The van der Waals surface area contributed by atoms with Crippen molar-refractivity contribution in [3.05, 3.63) is 82.5 Å². The molecule has 0 radical (unpaired) electrons. The highest BCUT2D eigenvalue weighted by molar-refractivity contribution is 7.98. The molecule has 9 nitrogen and oxygen atoms in total. The molecular formula is C31H29N5O4S. The van der Waals surface area contributed by atoms with Crippen LogP contribution in [0.15, 0.2) is 58.0 Å². The van der Waals surface area contributed by atoms with Crippen LogP contribution < -0.4 is 10.5 Å². The summed E-state index contributed by atoms with van der Waals surface area (Å²) in [7, 11) is 0. The summed E-state index contributed by atoms with van der Waals surface area (Å²) in [4.78, 5) is 12.7. The number of hydrogen-bond donors (Lipinski definition) is 1. The molecule has 1 aliphatic rings. The SMILES string of the molecule is [C-]#[N+]c1c(N)nc(SCc2nc(-c3ccccc3C)oc2C)c(C#N)c1-c1ccc(OC[C@@H]2COC(C)(C)O2)cc1. The van der Waals surface area contributed by atoms with Gasteiger partial charge in [-0.25, -0.2) is 14.8 Å². The van der Waals surface area contributed by atoms with Gasteiger partial charge in [0.1, 0.15) is 41.1 Å². The minimum atomic E-state index is -0.617. The molecule has 2 aromatic heterocycles. The van der Waals surface area contributed by atoms with Crippen molar-refractivity contribution in [2.45, 2.75) is 50.4 Å². The average molecular weight is 568 g/mol. The molecule has 0 saturated carbocycles. The number of pyridine rings is 1. The van der Waals surface area contributed by atoms with E-state index in [-0.39, 0.29) is 23.2 Å². The predicted molar refractivity (Wildman–Crippen MR) is 156 cm³/mol. The summed E-state index contributed by atoms with van der Waals surface area (Å²) < 4.78 is 23.2. The number of rotatable bonds is 8. The molecule has 4 aromatic rings. The van der Waals surface area contributed by atoms with Crippen molar-refractivity contribution in [3.8, 4) is 34.4 Å². The molecule has 1 saturated heterocycles. The number of aryl methyl sites for hydroxylation is 2. The van der Waals surface area contributed by atoms with Crippen LogP contribution in [0.2, 0.25) is 0 Å². The van der Waals surface area contributed by atoms with Gasteiger partial charge in [0.05, 0.1) is 24.4 Å². The summed E-state index contributed by atoms with van der Waals surface area (Å²) in [6, 6.07) is 17.3. The fraction of sp³-hybridized carbons (Fsp3) is 0.290. The third-order valence-electron chi connectivity index (χ3n) is 6.65. The second-order valence-corrected chi connectivity index (χ2v) is 11.0. The lowest BCUT2D eigenvalue weighted by atomic mass is 10.00. The van der Waals surface area contributed by atoms with Crippen molar-refractivity contribution >= 4 is 23.3 Å². The van der Waals surface area contributed by atoms with Crippen molar-refractivity contribution in [1.29, 1.82) is 5.26 Å². The first-order chi connectivity index (χ1) is 19.7. The monoisotopic (exact) mass is 567 g/mol. The smallest absolute Gasteiger partial charge is 0.236 e. The number of oxazole rings is 1. The van der Waals surface area contributed by atoms with Crippen LogP contribution in [0.25, 0.3) is 27.4 Å². The summed E-state index contributed by atoms with van der Waals surface area (Å²) >= 11 is 1.33. The summed E-state index contributed by atoms with van der Waals surface area (Å²) in [5.74, 6) is 1.73. The quantitative estimate of drug-likeness (QED) is 0.180. The number of nitrogen functional groups attached to an aromatic ring is 1. The number of nitrogens with two attached hydrogens (primary N) is 1. The van der Waals surface area contributed by atoms with Gasteiger partial charge in [0, 0.05) is 16.9 Å². The zero-order valence-electron chi connectivity index (χ0n) is 23.2. The van der Waals surface area contributed by atoms with Crippen molar-refractivity contribution < 1.29 is 18.6 Å². The number of anilines is 1. The van der Waals surface area contributed by atoms with Crippen molar-refractivity contribution in [2.24, 2.45) is 0 Å². The largest absolute Gasteiger partial charge is 0.491 e. The van der Waals surface area contributed by atoms with Crippen LogP contribution in [-0.4, -0.2) is 35.1 Å². The molecule has 2 N–H and O–H groups in total. The van der Waals surface area contributed by atoms with Gasteiger partial charge in [0.2, 0.25) is 11.6 Å². The highest BCUT2D eigenvalue weighted by atomic mass is 32.2. The zero-order valence-corrected chi connectivity index (χ0v) is 24.0. The standard InChI is InChI=1S/C31H29N5O4S/c1-18-8-6-7-9-23(18)29-35-25(19(2)39-29)17-41-30-24(14-32)26(27(34-5)28(33)36-30)20-10-12-21(13-11-20)37-15-22-16-38-31(3,4)40-22/h6-13,22H,15-17H2,1-4H3,(H2,33,36)/t22-/m1/s1. The van der Waals surface area contributed by atoms with Crippen LogP contribution in [0, 0.1) is 31.8 Å². The predicted octanol–water partition coefficient (Wildman–Crippen LogP) is 6.85. The molecule has 41 heavy (non-hydrogen) atoms. The van der Waals surface area contributed by atoms with Crippen LogP contribution in [0.4, 0.5) is 11.5 Å². The fourth-order valence-electron chi connectivity index (χ4n) is 4.55. The van der Waals surface area contributed by atoms with Gasteiger partial charge in [-0.05, 0) is 57.0 Å². The molecular weight excluding hydrogens is 538 g/mol. The van der Waals surface area contributed by atoms with Gasteiger partial charge < -0.3 is 24.4 Å². The van der Waals surface area contributed by atoms with Crippen LogP contribution in [0.1, 0.15) is 36.4 Å². The van der Waals surface area contributed by atoms with E-state index in [0.717, 1.165) is 16.8 Å². The third-order valence-corrected chi connectivity index (χ3v) is 7.64. The molecule has 2 aromatic carbocycles. The minimum Gasteiger partial charge on any atom is -0.491 e. The number of ether oxygens (including phenoxy) is 3. The number of hydrogen-bond acceptors (Lipinski definition) is 9. The maximum Gasteiger partial charge on any atom is 0.236 e. The summed E-state index contributed by atoms with van der Waals surface area (Å²) in [5.41, 5.74) is 10.5. The van der Waals surface area contributed by atoms with E-state index in [1.807, 2.05) is 52.0 Å². The van der Waals surface area contributed by atoms with E-state index in [1.54, 1.807) is 24.3 Å². The molecule has 0 amide bonds. The Hall–Kier alpha value is -4.35. The second kappa shape index (κ2) is 11.6. The van der Waals surface area contributed by atoms with E-state index in [1.165, 1.54) is 11.8 Å². The van der Waals surface area contributed by atoms with Crippen molar-refractivity contribution in [2.75, 3.05) is 18.9 Å². The highest BCUT2D eigenvalue weighted by Gasteiger charge is 2.33. The molecule has 1 fully saturated rings. The van der Waals surface area contributed by atoms with E-state index in [9.17, 15) is 5.26 Å². The zero-order chi connectivity index (χ0) is 29.1. The highest BCUT2D eigenvalue weighted by Crippen LogP contribution is 2.42. The van der Waals surface area contributed by atoms with Gasteiger partial charge in [-0.2, -0.15) is 5.26 Å². The normalized spacial score (nSPS) is 15.8. The van der Waals surface area contributed by atoms with Gasteiger partial charge in [0.25, 0.3) is 0 Å². The van der Waals surface area contributed by atoms with Gasteiger partial charge in [0.15, 0.2) is 5.79 Å². The second-order valence-electron chi connectivity index (χ2n) is 10.0. The summed E-state index contributed by atoms with van der Waals surface area (Å²) in [5, 5.41) is 10.6. The van der Waals surface area contributed by atoms with Crippen molar-refractivity contribution in [3.63, 3.8) is 0 Å². The van der Waals surface area contributed by atoms with Crippen LogP contribution in [0.3, 0.4) is 0 Å². The van der Waals surface area contributed by atoms with Crippen LogP contribution >= 0.6 is 11.8 Å². The van der Waals surface area contributed by atoms with Crippen molar-refractivity contribution in [1.82, 2.24) is 9.97 Å². The Morgan fingerprint density at radius 1 is 1.17 bits per heavy atom. The van der Waals surface area contributed by atoms with Crippen LogP contribution in [-0.2, 0) is 15.2 Å². The Bertz CT molecular complexity index is 1670. The summed E-state index contributed by atoms with van der Waals surface area (Å²) in [6.45, 7) is 16.1. The van der Waals surface area contributed by atoms with Gasteiger partial charge in [-0.15, -0.1) is 0 Å². The van der Waals surface area contributed by atoms with E-state index in [2.05, 4.69) is 15.9 Å². The molecule has 208 valence electrons. The maximum absolute atomic E-state index is 10.2. The molecule has 1 aliphatic heterocycles.